The number of nitriles is 1. The first-order valence-corrected chi connectivity index (χ1v) is 4.67. The summed E-state index contributed by atoms with van der Waals surface area (Å²) in [4.78, 5) is 4.08. The lowest BCUT2D eigenvalue weighted by Crippen LogP contribution is -2.08. The number of hydrogen-bond donors (Lipinski definition) is 0. The highest BCUT2D eigenvalue weighted by molar-refractivity contribution is 9.10. The predicted molar refractivity (Wildman–Crippen MR) is 45.5 cm³/mol. The predicted octanol–water partition coefficient (Wildman–Crippen LogP) is 2.58. The van der Waals surface area contributed by atoms with Crippen LogP contribution in [0, 0.1) is 11.3 Å². The molecule has 1 aliphatic carbocycles. The first kappa shape index (κ1) is 7.81. The van der Waals surface area contributed by atoms with Crippen molar-refractivity contribution in [3.05, 3.63) is 16.3 Å². The maximum Gasteiger partial charge on any atom is 0.207 e. The summed E-state index contributed by atoms with van der Waals surface area (Å²) in [6.45, 7) is 0. The second kappa shape index (κ2) is 2.91. The molecule has 0 amide bonds. The smallest absolute Gasteiger partial charge is 0.207 e. The molecule has 0 radical (unpaired) electrons. The van der Waals surface area contributed by atoms with Gasteiger partial charge in [-0.1, -0.05) is 6.42 Å². The van der Waals surface area contributed by atoms with E-state index in [0.717, 1.165) is 12.8 Å². The highest BCUT2D eigenvalue weighted by Gasteiger charge is 2.25. The van der Waals surface area contributed by atoms with Crippen LogP contribution in [0.3, 0.4) is 0 Å². The van der Waals surface area contributed by atoms with Gasteiger partial charge in [0.2, 0.25) is 4.67 Å². The highest BCUT2D eigenvalue weighted by atomic mass is 79.9. The van der Waals surface area contributed by atoms with E-state index in [0.29, 0.717) is 22.2 Å². The quantitative estimate of drug-likeness (QED) is 0.740. The van der Waals surface area contributed by atoms with E-state index in [4.69, 9.17) is 9.68 Å². The molecule has 62 valence electrons. The minimum atomic E-state index is 0.358. The van der Waals surface area contributed by atoms with E-state index in [2.05, 4.69) is 20.9 Å². The summed E-state index contributed by atoms with van der Waals surface area (Å²) in [5, 5.41) is 8.60. The van der Waals surface area contributed by atoms with Crippen LogP contribution in [0.25, 0.3) is 0 Å². The average molecular weight is 227 g/mol. The van der Waals surface area contributed by atoms with Crippen molar-refractivity contribution in [3.8, 4) is 6.07 Å². The van der Waals surface area contributed by atoms with Crippen LogP contribution in [0.15, 0.2) is 9.09 Å². The molecule has 4 heteroatoms. The molecule has 1 aromatic rings. The third kappa shape index (κ3) is 1.14. The number of nitrogens with zero attached hydrogens (tertiary/aromatic N) is 2. The summed E-state index contributed by atoms with van der Waals surface area (Å²) in [7, 11) is 0. The second-order valence-electron chi connectivity index (χ2n) is 2.91. The van der Waals surface area contributed by atoms with Gasteiger partial charge in [-0.05, 0) is 28.8 Å². The molecule has 1 heterocycles. The zero-order chi connectivity index (χ0) is 8.55. The van der Waals surface area contributed by atoms with Gasteiger partial charge in [0.25, 0.3) is 0 Å². The maximum atomic E-state index is 8.60. The molecule has 0 aliphatic heterocycles. The molecule has 1 aromatic heterocycles. The van der Waals surface area contributed by atoms with Crippen molar-refractivity contribution in [1.29, 1.82) is 5.26 Å². The van der Waals surface area contributed by atoms with Gasteiger partial charge in [-0.3, -0.25) is 0 Å². The van der Waals surface area contributed by atoms with Crippen molar-refractivity contribution in [2.24, 2.45) is 0 Å². The SMILES string of the molecule is N#Cc1nc(C2CCC2)oc1Br. The molecule has 0 spiro atoms. The van der Waals surface area contributed by atoms with Crippen molar-refractivity contribution in [3.63, 3.8) is 0 Å². The van der Waals surface area contributed by atoms with Crippen LogP contribution in [0.2, 0.25) is 0 Å². The minimum absolute atomic E-state index is 0.358. The van der Waals surface area contributed by atoms with E-state index in [1.54, 1.807) is 0 Å². The Morgan fingerprint density at radius 2 is 2.33 bits per heavy atom. The fourth-order valence-corrected chi connectivity index (χ4v) is 1.56. The summed E-state index contributed by atoms with van der Waals surface area (Å²) >= 11 is 3.15. The standard InChI is InChI=1S/C8H7BrN2O/c9-7-6(4-10)11-8(12-7)5-2-1-3-5/h5H,1-3H2. The van der Waals surface area contributed by atoms with Crippen molar-refractivity contribution in [1.82, 2.24) is 4.98 Å². The summed E-state index contributed by atoms with van der Waals surface area (Å²) in [5.41, 5.74) is 0.358. The summed E-state index contributed by atoms with van der Waals surface area (Å²) in [5.74, 6) is 1.16. The molecule has 0 bridgehead atoms. The normalized spacial score (nSPS) is 17.0. The van der Waals surface area contributed by atoms with Crippen molar-refractivity contribution in [2.45, 2.75) is 25.2 Å². The third-order valence-corrected chi connectivity index (χ3v) is 2.70. The van der Waals surface area contributed by atoms with Crippen LogP contribution >= 0.6 is 15.9 Å². The molecular formula is C8H7BrN2O. The molecule has 1 saturated carbocycles. The second-order valence-corrected chi connectivity index (χ2v) is 3.63. The van der Waals surface area contributed by atoms with Gasteiger partial charge < -0.3 is 4.42 Å². The molecule has 0 atom stereocenters. The Hall–Kier alpha value is -0.820. The molecule has 12 heavy (non-hydrogen) atoms. The number of oxazole rings is 1. The van der Waals surface area contributed by atoms with Crippen LogP contribution in [-0.4, -0.2) is 4.98 Å². The Morgan fingerprint density at radius 1 is 1.58 bits per heavy atom. The molecule has 0 saturated heterocycles. The fraction of sp³-hybridized carbons (Fsp3) is 0.500. The summed E-state index contributed by atoms with van der Waals surface area (Å²) in [6, 6.07) is 1.97. The zero-order valence-electron chi connectivity index (χ0n) is 6.38. The lowest BCUT2D eigenvalue weighted by atomic mass is 9.85. The van der Waals surface area contributed by atoms with Crippen LogP contribution in [0.4, 0.5) is 0 Å². The summed E-state index contributed by atoms with van der Waals surface area (Å²) in [6.07, 6.45) is 3.52. The largest absolute Gasteiger partial charge is 0.432 e. The number of halogens is 1. The van der Waals surface area contributed by atoms with E-state index in [1.165, 1.54) is 6.42 Å². The van der Waals surface area contributed by atoms with E-state index in [1.807, 2.05) is 6.07 Å². The van der Waals surface area contributed by atoms with Crippen LogP contribution in [0.5, 0.6) is 0 Å². The Labute approximate surface area is 78.5 Å². The van der Waals surface area contributed by atoms with Crippen molar-refractivity contribution < 1.29 is 4.42 Å². The molecule has 0 N–H and O–H groups in total. The number of hydrogen-bond acceptors (Lipinski definition) is 3. The van der Waals surface area contributed by atoms with E-state index in [-0.39, 0.29) is 0 Å². The Morgan fingerprint density at radius 3 is 2.75 bits per heavy atom. The lowest BCUT2D eigenvalue weighted by Gasteiger charge is -2.21. The molecular weight excluding hydrogens is 220 g/mol. The van der Waals surface area contributed by atoms with Gasteiger partial charge in [0, 0.05) is 5.92 Å². The maximum absolute atomic E-state index is 8.60. The van der Waals surface area contributed by atoms with E-state index < -0.39 is 0 Å². The van der Waals surface area contributed by atoms with Crippen molar-refractivity contribution >= 4 is 15.9 Å². The zero-order valence-corrected chi connectivity index (χ0v) is 7.97. The van der Waals surface area contributed by atoms with Crippen LogP contribution in [0.1, 0.15) is 36.8 Å². The minimum Gasteiger partial charge on any atom is -0.432 e. The molecule has 0 unspecified atom stereocenters. The Bertz CT molecular complexity index is 335. The van der Waals surface area contributed by atoms with E-state index >= 15 is 0 Å². The van der Waals surface area contributed by atoms with Crippen molar-refractivity contribution in [2.75, 3.05) is 0 Å². The first-order valence-electron chi connectivity index (χ1n) is 3.87. The number of aromatic nitrogens is 1. The highest BCUT2D eigenvalue weighted by Crippen LogP contribution is 2.37. The first-order chi connectivity index (χ1) is 5.81. The molecule has 3 nitrogen and oxygen atoms in total. The lowest BCUT2D eigenvalue weighted by molar-refractivity contribution is 0.329. The van der Waals surface area contributed by atoms with Gasteiger partial charge >= 0.3 is 0 Å². The molecule has 2 rings (SSSR count). The van der Waals surface area contributed by atoms with Gasteiger partial charge in [0.05, 0.1) is 0 Å². The topological polar surface area (TPSA) is 49.8 Å². The number of rotatable bonds is 1. The van der Waals surface area contributed by atoms with Gasteiger partial charge in [0.1, 0.15) is 6.07 Å². The van der Waals surface area contributed by atoms with Gasteiger partial charge in [-0.2, -0.15) is 5.26 Å². The van der Waals surface area contributed by atoms with Gasteiger partial charge in [0.15, 0.2) is 11.6 Å². The third-order valence-electron chi connectivity index (χ3n) is 2.16. The van der Waals surface area contributed by atoms with Crippen LogP contribution < -0.4 is 0 Å². The molecule has 1 aliphatic rings. The Kier molecular flexibility index (Phi) is 1.89. The molecule has 0 aromatic carbocycles. The average Bonchev–Trinajstić information content (AvgIpc) is 2.27. The van der Waals surface area contributed by atoms with Crippen LogP contribution in [-0.2, 0) is 0 Å². The monoisotopic (exact) mass is 226 g/mol. The fourth-order valence-electron chi connectivity index (χ4n) is 1.22. The van der Waals surface area contributed by atoms with Gasteiger partial charge in [-0.15, -0.1) is 0 Å². The Balaban J connectivity index is 2.28. The van der Waals surface area contributed by atoms with Gasteiger partial charge in [-0.25, -0.2) is 4.98 Å². The molecule has 1 fully saturated rings. The summed E-state index contributed by atoms with van der Waals surface area (Å²) < 4.78 is 5.76. The van der Waals surface area contributed by atoms with E-state index in [9.17, 15) is 0 Å².